The molecule has 0 amide bonds. The lowest BCUT2D eigenvalue weighted by atomic mass is 10.1. The van der Waals surface area contributed by atoms with Crippen LogP contribution in [0.25, 0.3) is 0 Å². The van der Waals surface area contributed by atoms with E-state index < -0.39 is 0 Å². The van der Waals surface area contributed by atoms with Crippen molar-refractivity contribution >= 4 is 5.69 Å². The molecule has 1 heterocycles. The van der Waals surface area contributed by atoms with Crippen LogP contribution in [0, 0.1) is 5.92 Å². The van der Waals surface area contributed by atoms with Crippen LogP contribution in [-0.4, -0.2) is 44.2 Å². The van der Waals surface area contributed by atoms with Crippen LogP contribution >= 0.6 is 0 Å². The van der Waals surface area contributed by atoms with Gasteiger partial charge in [0, 0.05) is 38.4 Å². The quantitative estimate of drug-likeness (QED) is 0.779. The Kier molecular flexibility index (Phi) is 6.52. The molecule has 0 bridgehead atoms. The topological polar surface area (TPSA) is 18.5 Å². The summed E-state index contributed by atoms with van der Waals surface area (Å²) in [6.45, 7) is 14.7. The minimum absolute atomic E-state index is 0.779. The summed E-state index contributed by atoms with van der Waals surface area (Å²) in [6, 6.07) is 9.09. The van der Waals surface area contributed by atoms with Gasteiger partial charge in [-0.3, -0.25) is 0 Å². The maximum Gasteiger partial charge on any atom is 0.0367 e. The standard InChI is InChI=1S/C18H31N3/c1-4-20-11-13-21(14-12-20)18-7-5-17(6-8-18)15-19-10-9-16(2)3/h5-8,16,19H,4,9-15H2,1-3H3. The van der Waals surface area contributed by atoms with Gasteiger partial charge in [0.1, 0.15) is 0 Å². The number of rotatable bonds is 7. The lowest BCUT2D eigenvalue weighted by molar-refractivity contribution is 0.271. The first kappa shape index (κ1) is 16.3. The first-order chi connectivity index (χ1) is 10.2. The molecule has 118 valence electrons. The van der Waals surface area contributed by atoms with Gasteiger partial charge in [-0.2, -0.15) is 0 Å². The van der Waals surface area contributed by atoms with Crippen LogP contribution in [0.3, 0.4) is 0 Å². The number of benzene rings is 1. The molecule has 1 N–H and O–H groups in total. The molecule has 0 spiro atoms. The molecule has 0 aliphatic carbocycles. The SMILES string of the molecule is CCN1CCN(c2ccc(CNCCC(C)C)cc2)CC1. The van der Waals surface area contributed by atoms with Crippen LogP contribution in [0.4, 0.5) is 5.69 Å². The highest BCUT2D eigenvalue weighted by atomic mass is 15.3. The Morgan fingerprint density at radius 2 is 1.71 bits per heavy atom. The van der Waals surface area contributed by atoms with Gasteiger partial charge in [0.25, 0.3) is 0 Å². The normalized spacial score (nSPS) is 16.7. The second-order valence-electron chi connectivity index (χ2n) is 6.45. The van der Waals surface area contributed by atoms with Crippen molar-refractivity contribution in [2.75, 3.05) is 44.2 Å². The van der Waals surface area contributed by atoms with Gasteiger partial charge in [0.15, 0.2) is 0 Å². The maximum absolute atomic E-state index is 3.53. The van der Waals surface area contributed by atoms with Gasteiger partial charge >= 0.3 is 0 Å². The predicted molar refractivity (Wildman–Crippen MR) is 91.9 cm³/mol. The van der Waals surface area contributed by atoms with E-state index in [9.17, 15) is 0 Å². The van der Waals surface area contributed by atoms with E-state index in [1.165, 1.54) is 37.3 Å². The second-order valence-corrected chi connectivity index (χ2v) is 6.45. The fourth-order valence-corrected chi connectivity index (χ4v) is 2.77. The van der Waals surface area contributed by atoms with E-state index in [-0.39, 0.29) is 0 Å². The Hall–Kier alpha value is -1.06. The molecule has 1 aliphatic rings. The number of hydrogen-bond acceptors (Lipinski definition) is 3. The Balaban J connectivity index is 1.77. The lowest BCUT2D eigenvalue weighted by Crippen LogP contribution is -2.46. The highest BCUT2D eigenvalue weighted by Crippen LogP contribution is 2.17. The van der Waals surface area contributed by atoms with Crippen LogP contribution in [0.15, 0.2) is 24.3 Å². The third kappa shape index (κ3) is 5.33. The van der Waals surface area contributed by atoms with Crippen molar-refractivity contribution in [2.24, 2.45) is 5.92 Å². The summed E-state index contributed by atoms with van der Waals surface area (Å²) < 4.78 is 0. The van der Waals surface area contributed by atoms with Gasteiger partial charge in [-0.15, -0.1) is 0 Å². The molecule has 1 aromatic carbocycles. The minimum atomic E-state index is 0.779. The molecule has 21 heavy (non-hydrogen) atoms. The first-order valence-electron chi connectivity index (χ1n) is 8.46. The van der Waals surface area contributed by atoms with Crippen molar-refractivity contribution in [2.45, 2.75) is 33.7 Å². The highest BCUT2D eigenvalue weighted by molar-refractivity contribution is 5.48. The third-order valence-corrected chi connectivity index (χ3v) is 4.35. The van der Waals surface area contributed by atoms with E-state index in [4.69, 9.17) is 0 Å². The molecule has 0 saturated carbocycles. The van der Waals surface area contributed by atoms with Gasteiger partial charge in [0.2, 0.25) is 0 Å². The van der Waals surface area contributed by atoms with Crippen molar-refractivity contribution in [3.63, 3.8) is 0 Å². The number of piperazine rings is 1. The molecule has 1 aromatic rings. The highest BCUT2D eigenvalue weighted by Gasteiger charge is 2.15. The molecular weight excluding hydrogens is 258 g/mol. The molecular formula is C18H31N3. The Morgan fingerprint density at radius 3 is 2.29 bits per heavy atom. The molecule has 3 heteroatoms. The average molecular weight is 289 g/mol. The van der Waals surface area contributed by atoms with E-state index in [2.05, 4.69) is 60.2 Å². The first-order valence-corrected chi connectivity index (χ1v) is 8.46. The fourth-order valence-electron chi connectivity index (χ4n) is 2.77. The van der Waals surface area contributed by atoms with E-state index >= 15 is 0 Å². The summed E-state index contributed by atoms with van der Waals surface area (Å²) in [5.74, 6) is 0.779. The molecule has 2 rings (SSSR count). The average Bonchev–Trinajstić information content (AvgIpc) is 2.52. The monoisotopic (exact) mass is 289 g/mol. The number of likely N-dealkylation sites (N-methyl/N-ethyl adjacent to an activating group) is 1. The van der Waals surface area contributed by atoms with Gasteiger partial charge in [-0.05, 0) is 43.1 Å². The number of nitrogens with one attached hydrogen (secondary N) is 1. The molecule has 3 nitrogen and oxygen atoms in total. The summed E-state index contributed by atoms with van der Waals surface area (Å²) >= 11 is 0. The smallest absolute Gasteiger partial charge is 0.0367 e. The minimum Gasteiger partial charge on any atom is -0.369 e. The third-order valence-electron chi connectivity index (χ3n) is 4.35. The largest absolute Gasteiger partial charge is 0.369 e. The molecule has 1 fully saturated rings. The maximum atomic E-state index is 3.53. The molecule has 0 aromatic heterocycles. The van der Waals surface area contributed by atoms with Gasteiger partial charge < -0.3 is 15.1 Å². The van der Waals surface area contributed by atoms with E-state index in [1.54, 1.807) is 0 Å². The van der Waals surface area contributed by atoms with E-state index in [0.29, 0.717) is 0 Å². The van der Waals surface area contributed by atoms with Crippen LogP contribution in [0.2, 0.25) is 0 Å². The molecule has 0 radical (unpaired) electrons. The zero-order valence-corrected chi connectivity index (χ0v) is 13.9. The van der Waals surface area contributed by atoms with Gasteiger partial charge in [-0.1, -0.05) is 32.9 Å². The van der Waals surface area contributed by atoms with Crippen LogP contribution in [-0.2, 0) is 6.54 Å². The zero-order chi connectivity index (χ0) is 15.1. The fraction of sp³-hybridized carbons (Fsp3) is 0.667. The predicted octanol–water partition coefficient (Wildman–Crippen LogP) is 2.96. The van der Waals surface area contributed by atoms with Crippen molar-refractivity contribution in [1.29, 1.82) is 0 Å². The number of anilines is 1. The zero-order valence-electron chi connectivity index (χ0n) is 13.9. The van der Waals surface area contributed by atoms with E-state index in [0.717, 1.165) is 32.1 Å². The van der Waals surface area contributed by atoms with Gasteiger partial charge in [0.05, 0.1) is 0 Å². The number of nitrogens with zero attached hydrogens (tertiary/aromatic N) is 2. The summed E-state index contributed by atoms with van der Waals surface area (Å²) in [6.07, 6.45) is 1.25. The van der Waals surface area contributed by atoms with Crippen LogP contribution in [0.5, 0.6) is 0 Å². The molecule has 0 unspecified atom stereocenters. The van der Waals surface area contributed by atoms with Crippen molar-refractivity contribution < 1.29 is 0 Å². The van der Waals surface area contributed by atoms with Gasteiger partial charge in [-0.25, -0.2) is 0 Å². The number of hydrogen-bond donors (Lipinski definition) is 1. The van der Waals surface area contributed by atoms with Crippen molar-refractivity contribution in [1.82, 2.24) is 10.2 Å². The van der Waals surface area contributed by atoms with Crippen molar-refractivity contribution in [3.05, 3.63) is 29.8 Å². The summed E-state index contributed by atoms with van der Waals surface area (Å²) in [4.78, 5) is 5.02. The molecule has 1 aliphatic heterocycles. The summed E-state index contributed by atoms with van der Waals surface area (Å²) in [5, 5.41) is 3.53. The molecule has 1 saturated heterocycles. The Morgan fingerprint density at radius 1 is 1.05 bits per heavy atom. The lowest BCUT2D eigenvalue weighted by Gasteiger charge is -2.35. The Bertz CT molecular complexity index is 391. The second kappa shape index (κ2) is 8.40. The van der Waals surface area contributed by atoms with Crippen molar-refractivity contribution in [3.8, 4) is 0 Å². The van der Waals surface area contributed by atoms with Crippen LogP contribution in [0.1, 0.15) is 32.8 Å². The summed E-state index contributed by atoms with van der Waals surface area (Å²) in [7, 11) is 0. The van der Waals surface area contributed by atoms with Crippen LogP contribution < -0.4 is 10.2 Å². The Labute approximate surface area is 130 Å². The summed E-state index contributed by atoms with van der Waals surface area (Å²) in [5.41, 5.74) is 2.76. The van der Waals surface area contributed by atoms with E-state index in [1.807, 2.05) is 0 Å². The molecule has 0 atom stereocenters.